The zero-order valence-corrected chi connectivity index (χ0v) is 19.9. The number of hydrogen-bond acceptors (Lipinski definition) is 3. The number of benzene rings is 1. The van der Waals surface area contributed by atoms with E-state index < -0.39 is 5.54 Å². The number of fused-ring (bicyclic) bond motifs is 1. The fraction of sp³-hybridized carbons (Fsp3) is 0.577. The molecule has 1 aromatic carbocycles. The summed E-state index contributed by atoms with van der Waals surface area (Å²) in [7, 11) is 0. The number of rotatable bonds is 4. The first kappa shape index (κ1) is 22.6. The van der Waals surface area contributed by atoms with Crippen molar-refractivity contribution in [2.24, 2.45) is 0 Å². The van der Waals surface area contributed by atoms with Crippen LogP contribution < -0.4 is 5.32 Å². The van der Waals surface area contributed by atoms with E-state index in [1.165, 1.54) is 12.8 Å². The summed E-state index contributed by atoms with van der Waals surface area (Å²) in [5, 5.41) is 8.04. The second-order valence-corrected chi connectivity index (χ2v) is 10.6. The third-order valence-electron chi connectivity index (χ3n) is 6.93. The minimum atomic E-state index is -1.01. The van der Waals surface area contributed by atoms with E-state index in [4.69, 9.17) is 5.10 Å². The highest BCUT2D eigenvalue weighted by Crippen LogP contribution is 2.32. The van der Waals surface area contributed by atoms with Crippen LogP contribution in [0.25, 0.3) is 0 Å². The Balaban J connectivity index is 1.68. The van der Waals surface area contributed by atoms with Gasteiger partial charge in [-0.2, -0.15) is 5.10 Å². The van der Waals surface area contributed by atoms with Crippen LogP contribution in [-0.2, 0) is 23.3 Å². The number of nitrogens with zero attached hydrogens (tertiary/aromatic N) is 3. The first-order chi connectivity index (χ1) is 15.2. The van der Waals surface area contributed by atoms with Crippen molar-refractivity contribution in [1.82, 2.24) is 20.0 Å². The molecule has 6 heteroatoms. The highest BCUT2D eigenvalue weighted by molar-refractivity contribution is 5.99. The van der Waals surface area contributed by atoms with Crippen molar-refractivity contribution in [2.75, 3.05) is 0 Å². The second-order valence-electron chi connectivity index (χ2n) is 10.6. The molecule has 1 unspecified atom stereocenters. The van der Waals surface area contributed by atoms with Gasteiger partial charge in [-0.25, -0.2) is 0 Å². The molecule has 1 fully saturated rings. The average Bonchev–Trinajstić information content (AvgIpc) is 3.02. The van der Waals surface area contributed by atoms with Gasteiger partial charge in [0.25, 0.3) is 5.91 Å². The summed E-state index contributed by atoms with van der Waals surface area (Å²) in [5.41, 5.74) is 1.26. The van der Waals surface area contributed by atoms with Crippen LogP contribution in [0.3, 0.4) is 0 Å². The quantitative estimate of drug-likeness (QED) is 0.721. The molecule has 2 amide bonds. The van der Waals surface area contributed by atoms with Crippen LogP contribution in [-0.4, -0.2) is 38.1 Å². The van der Waals surface area contributed by atoms with Gasteiger partial charge < -0.3 is 10.2 Å². The molecule has 1 aliphatic heterocycles. The molecule has 2 heterocycles. The van der Waals surface area contributed by atoms with Gasteiger partial charge in [-0.3, -0.25) is 14.3 Å². The Hall–Kier alpha value is -2.63. The molecule has 1 saturated carbocycles. The van der Waals surface area contributed by atoms with Crippen molar-refractivity contribution in [3.05, 3.63) is 53.3 Å². The standard InChI is InChI=1S/C26H36N4O2/c1-25(2,3)22-16-21-23(31)29(17-19-12-8-7-9-13-19)26(4,18-30(21)28-22)24(32)27-20-14-10-5-6-11-15-20/h7-9,12-13,16,20H,5-6,10-11,14-15,17-18H2,1-4H3,(H,27,32). The van der Waals surface area contributed by atoms with E-state index in [1.807, 2.05) is 43.3 Å². The lowest BCUT2D eigenvalue weighted by atomic mass is 9.91. The molecule has 2 aliphatic rings. The van der Waals surface area contributed by atoms with Gasteiger partial charge in [-0.15, -0.1) is 0 Å². The molecule has 6 nitrogen and oxygen atoms in total. The van der Waals surface area contributed by atoms with Gasteiger partial charge in [0, 0.05) is 18.0 Å². The molecule has 172 valence electrons. The number of hydrogen-bond donors (Lipinski definition) is 1. The van der Waals surface area contributed by atoms with Crippen LogP contribution in [0.4, 0.5) is 0 Å². The van der Waals surface area contributed by atoms with Crippen molar-refractivity contribution in [3.8, 4) is 0 Å². The van der Waals surface area contributed by atoms with Crippen molar-refractivity contribution >= 4 is 11.8 Å². The number of aromatic nitrogens is 2. The summed E-state index contributed by atoms with van der Waals surface area (Å²) in [5.74, 6) is -0.214. The van der Waals surface area contributed by atoms with Gasteiger partial charge in [0.15, 0.2) is 0 Å². The van der Waals surface area contributed by atoms with Crippen molar-refractivity contribution in [3.63, 3.8) is 0 Å². The van der Waals surface area contributed by atoms with Crippen LogP contribution >= 0.6 is 0 Å². The lowest BCUT2D eigenvalue weighted by Crippen LogP contribution is -2.64. The molecule has 2 aromatic rings. The number of carbonyl (C=O) groups excluding carboxylic acids is 2. The Morgan fingerprint density at radius 2 is 1.78 bits per heavy atom. The number of nitrogens with one attached hydrogen (secondary N) is 1. The summed E-state index contributed by atoms with van der Waals surface area (Å²) in [6, 6.07) is 12.0. The van der Waals surface area contributed by atoms with Crippen LogP contribution in [0.2, 0.25) is 0 Å². The van der Waals surface area contributed by atoms with Gasteiger partial charge in [0.2, 0.25) is 5.91 Å². The zero-order valence-electron chi connectivity index (χ0n) is 19.9. The highest BCUT2D eigenvalue weighted by Gasteiger charge is 2.48. The van der Waals surface area contributed by atoms with E-state index in [9.17, 15) is 9.59 Å². The van der Waals surface area contributed by atoms with Crippen LogP contribution in [0.5, 0.6) is 0 Å². The SMILES string of the molecule is CC(C)(C)c1cc2n(n1)CC(C)(C(=O)NC1CCCCCC1)N(Cc1ccccc1)C2=O. The third kappa shape index (κ3) is 4.45. The smallest absolute Gasteiger partial charge is 0.273 e. The number of carbonyl (C=O) groups is 2. The summed E-state index contributed by atoms with van der Waals surface area (Å²) >= 11 is 0. The third-order valence-corrected chi connectivity index (χ3v) is 6.93. The Kier molecular flexibility index (Phi) is 6.15. The van der Waals surface area contributed by atoms with Gasteiger partial charge in [-0.05, 0) is 31.4 Å². The predicted octanol–water partition coefficient (Wildman–Crippen LogP) is 4.43. The molecule has 4 rings (SSSR count). The Bertz CT molecular complexity index is 967. The predicted molar refractivity (Wildman–Crippen MR) is 125 cm³/mol. The summed E-state index contributed by atoms with van der Waals surface area (Å²) in [4.78, 5) is 29.2. The monoisotopic (exact) mass is 436 g/mol. The average molecular weight is 437 g/mol. The molecule has 0 spiro atoms. The van der Waals surface area contributed by atoms with Crippen LogP contribution in [0.1, 0.15) is 88.0 Å². The van der Waals surface area contributed by atoms with Crippen molar-refractivity contribution in [2.45, 2.75) is 96.3 Å². The lowest BCUT2D eigenvalue weighted by molar-refractivity contribution is -0.134. The van der Waals surface area contributed by atoms with Crippen LogP contribution in [0.15, 0.2) is 36.4 Å². The summed E-state index contributed by atoms with van der Waals surface area (Å²) in [6.45, 7) is 8.91. The fourth-order valence-corrected chi connectivity index (χ4v) is 4.79. The fourth-order valence-electron chi connectivity index (χ4n) is 4.79. The van der Waals surface area contributed by atoms with Crippen LogP contribution in [0, 0.1) is 0 Å². The molecular formula is C26H36N4O2. The summed E-state index contributed by atoms with van der Waals surface area (Å²) < 4.78 is 1.75. The molecule has 1 atom stereocenters. The minimum absolute atomic E-state index is 0.0767. The summed E-state index contributed by atoms with van der Waals surface area (Å²) in [6.07, 6.45) is 6.77. The Labute approximate surface area is 191 Å². The Morgan fingerprint density at radius 3 is 2.41 bits per heavy atom. The van der Waals surface area contributed by atoms with E-state index in [-0.39, 0.29) is 23.3 Å². The largest absolute Gasteiger partial charge is 0.351 e. The van der Waals surface area contributed by atoms with E-state index >= 15 is 0 Å². The first-order valence-electron chi connectivity index (χ1n) is 11.9. The molecule has 32 heavy (non-hydrogen) atoms. The maximum absolute atomic E-state index is 13.7. The van der Waals surface area contributed by atoms with E-state index in [1.54, 1.807) is 9.58 Å². The maximum atomic E-state index is 13.7. The highest BCUT2D eigenvalue weighted by atomic mass is 16.2. The zero-order chi connectivity index (χ0) is 22.9. The molecule has 0 radical (unpaired) electrons. The molecule has 1 aromatic heterocycles. The maximum Gasteiger partial charge on any atom is 0.273 e. The number of amides is 2. The molecule has 0 bridgehead atoms. The molecule has 0 saturated heterocycles. The van der Waals surface area contributed by atoms with Gasteiger partial charge in [0.1, 0.15) is 11.2 Å². The van der Waals surface area contributed by atoms with Gasteiger partial charge in [0.05, 0.1) is 12.2 Å². The molecular weight excluding hydrogens is 400 g/mol. The Morgan fingerprint density at radius 1 is 1.12 bits per heavy atom. The second kappa shape index (κ2) is 8.72. The van der Waals surface area contributed by atoms with E-state index in [0.717, 1.165) is 36.9 Å². The van der Waals surface area contributed by atoms with Gasteiger partial charge in [-0.1, -0.05) is 76.8 Å². The van der Waals surface area contributed by atoms with E-state index in [2.05, 4.69) is 26.1 Å². The lowest BCUT2D eigenvalue weighted by Gasteiger charge is -2.44. The normalized spacial score (nSPS) is 22.4. The van der Waals surface area contributed by atoms with Crippen molar-refractivity contribution in [1.29, 1.82) is 0 Å². The van der Waals surface area contributed by atoms with Crippen molar-refractivity contribution < 1.29 is 9.59 Å². The molecule has 1 N–H and O–H groups in total. The molecule has 1 aliphatic carbocycles. The topological polar surface area (TPSA) is 67.2 Å². The first-order valence-corrected chi connectivity index (χ1v) is 11.9. The van der Waals surface area contributed by atoms with Gasteiger partial charge >= 0.3 is 0 Å². The minimum Gasteiger partial charge on any atom is -0.351 e. The van der Waals surface area contributed by atoms with E-state index in [0.29, 0.717) is 18.8 Å².